The van der Waals surface area contributed by atoms with Crippen molar-refractivity contribution in [1.82, 2.24) is 49.0 Å². The highest BCUT2D eigenvalue weighted by molar-refractivity contribution is 7.84. The second-order valence-electron chi connectivity index (χ2n) is 18.6. The minimum absolute atomic E-state index is 0.00416. The minimum Gasteiger partial charge on any atom is -0.475 e. The molecule has 0 aliphatic carbocycles. The summed E-state index contributed by atoms with van der Waals surface area (Å²) in [6.07, 6.45) is 10.3. The fourth-order valence-electron chi connectivity index (χ4n) is 9.41. The van der Waals surface area contributed by atoms with Crippen molar-refractivity contribution in [2.24, 2.45) is 5.73 Å². The average molecular weight is 1050 g/mol. The molecule has 0 saturated heterocycles. The van der Waals surface area contributed by atoms with E-state index in [1.807, 2.05) is 78.9 Å². The lowest BCUT2D eigenvalue weighted by Crippen LogP contribution is -2.16. The summed E-state index contributed by atoms with van der Waals surface area (Å²) in [5.74, 6) is 3.02. The highest BCUT2D eigenvalue weighted by atomic mass is 32.2. The Labute approximate surface area is 447 Å². The monoisotopic (exact) mass is 1050 g/mol. The molecule has 2 aliphatic rings. The molecule has 6 aromatic heterocycles. The van der Waals surface area contributed by atoms with Crippen LogP contribution >= 0.6 is 0 Å². The van der Waals surface area contributed by atoms with Crippen LogP contribution in [-0.4, -0.2) is 85.8 Å². The summed E-state index contributed by atoms with van der Waals surface area (Å²) in [4.78, 5) is 37.1. The van der Waals surface area contributed by atoms with Gasteiger partial charge in [-0.15, -0.1) is 0 Å². The first-order valence-electron chi connectivity index (χ1n) is 25.8. The van der Waals surface area contributed by atoms with Crippen molar-refractivity contribution >= 4 is 38.6 Å². The number of aromatic nitrogens is 10. The Kier molecular flexibility index (Phi) is 16.3. The molecule has 18 heteroatoms. The Morgan fingerprint density at radius 1 is 0.597 bits per heavy atom. The molecule has 15 nitrogen and oxygen atoms in total. The molecule has 0 spiro atoms. The van der Waals surface area contributed by atoms with Crippen LogP contribution in [0.4, 0.5) is 14.7 Å². The van der Waals surface area contributed by atoms with Crippen LogP contribution in [0.5, 0.6) is 11.8 Å². The van der Waals surface area contributed by atoms with Gasteiger partial charge in [-0.25, -0.2) is 48.7 Å². The summed E-state index contributed by atoms with van der Waals surface area (Å²) in [6, 6.07) is 40.2. The number of nitrogens with one attached hydrogen (secondary N) is 1. The zero-order valence-corrected chi connectivity index (χ0v) is 43.8. The Hall–Kier alpha value is -8.35. The third-order valence-electron chi connectivity index (χ3n) is 13.2. The molecular weight excluding hydrogens is 995 g/mol. The SMILES string of the molecule is CCCN.CCCNc1nccc(-c2c(-c3ccc(F)cc3)nc3n2[C@H](COc2ccc4ccccc4n2)CC3)n1.CS(=O)c1nccc(-c2c(-c3ccc(F)cc3)nc3n2[C@H](COc2ccc4ccccc4n2)CC3)n1. The quantitative estimate of drug-likeness (QED) is 0.0925. The molecule has 12 rings (SSSR count). The lowest BCUT2D eigenvalue weighted by Gasteiger charge is -2.18. The number of rotatable bonds is 15. The zero-order chi connectivity index (χ0) is 53.3. The van der Waals surface area contributed by atoms with Crippen molar-refractivity contribution in [2.75, 3.05) is 37.9 Å². The molecule has 0 saturated carbocycles. The van der Waals surface area contributed by atoms with E-state index in [9.17, 15) is 13.0 Å². The van der Waals surface area contributed by atoms with Gasteiger partial charge < -0.3 is 29.7 Å². The van der Waals surface area contributed by atoms with Crippen molar-refractivity contribution in [3.8, 4) is 57.1 Å². The Morgan fingerprint density at radius 3 is 1.56 bits per heavy atom. The predicted molar refractivity (Wildman–Crippen MR) is 297 cm³/mol. The number of fused-ring (bicyclic) bond motifs is 4. The van der Waals surface area contributed by atoms with Gasteiger partial charge in [0.25, 0.3) is 0 Å². The van der Waals surface area contributed by atoms with Crippen molar-refractivity contribution in [1.29, 1.82) is 0 Å². The van der Waals surface area contributed by atoms with Gasteiger partial charge in [0, 0.05) is 72.1 Å². The van der Waals surface area contributed by atoms with E-state index in [2.05, 4.69) is 53.2 Å². The van der Waals surface area contributed by atoms with Crippen molar-refractivity contribution in [2.45, 2.75) is 69.6 Å². The van der Waals surface area contributed by atoms with Crippen LogP contribution in [0.25, 0.3) is 67.1 Å². The highest BCUT2D eigenvalue weighted by Crippen LogP contribution is 2.41. The maximum atomic E-state index is 13.7. The number of benzene rings is 4. The van der Waals surface area contributed by atoms with E-state index in [1.165, 1.54) is 24.3 Å². The number of aryl methyl sites for hydroxylation is 2. The Morgan fingerprint density at radius 2 is 1.08 bits per heavy atom. The number of ether oxygens (including phenoxy) is 2. The molecule has 392 valence electrons. The van der Waals surface area contributed by atoms with E-state index in [0.29, 0.717) is 42.3 Å². The van der Waals surface area contributed by atoms with E-state index < -0.39 is 10.8 Å². The van der Waals surface area contributed by atoms with Crippen LogP contribution < -0.4 is 20.5 Å². The van der Waals surface area contributed by atoms with Crippen molar-refractivity contribution in [3.05, 3.63) is 169 Å². The van der Waals surface area contributed by atoms with Crippen molar-refractivity contribution < 1.29 is 22.5 Å². The van der Waals surface area contributed by atoms with E-state index in [0.717, 1.165) is 119 Å². The van der Waals surface area contributed by atoms with Gasteiger partial charge in [0.2, 0.25) is 22.9 Å². The van der Waals surface area contributed by atoms with Gasteiger partial charge in [-0.05, 0) is 117 Å². The zero-order valence-electron chi connectivity index (χ0n) is 43.0. The first-order chi connectivity index (χ1) is 37.7. The summed E-state index contributed by atoms with van der Waals surface area (Å²) in [6.45, 7) is 6.62. The van der Waals surface area contributed by atoms with Crippen LogP contribution in [-0.2, 0) is 23.6 Å². The second kappa shape index (κ2) is 24.1. The third-order valence-corrected chi connectivity index (χ3v) is 13.9. The van der Waals surface area contributed by atoms with Crippen LogP contribution in [0.1, 0.15) is 63.3 Å². The Balaban J connectivity index is 0.000000163. The molecule has 10 aromatic rings. The smallest absolute Gasteiger partial charge is 0.223 e. The van der Waals surface area contributed by atoms with Crippen LogP contribution in [0, 0.1) is 11.6 Å². The molecule has 3 N–H and O–H groups in total. The van der Waals surface area contributed by atoms with Crippen LogP contribution in [0.2, 0.25) is 0 Å². The molecule has 0 bridgehead atoms. The lowest BCUT2D eigenvalue weighted by molar-refractivity contribution is 0.248. The first kappa shape index (κ1) is 52.1. The Bertz CT molecular complexity index is 3670. The van der Waals surface area contributed by atoms with E-state index in [-0.39, 0.29) is 28.9 Å². The molecule has 1 unspecified atom stereocenters. The largest absolute Gasteiger partial charge is 0.475 e. The number of pyridine rings is 2. The predicted octanol–water partition coefficient (Wildman–Crippen LogP) is 11.4. The lowest BCUT2D eigenvalue weighted by atomic mass is 10.1. The van der Waals surface area contributed by atoms with Gasteiger partial charge in [-0.1, -0.05) is 50.2 Å². The van der Waals surface area contributed by atoms with Gasteiger partial charge in [-0.2, -0.15) is 0 Å². The first-order valence-corrected chi connectivity index (χ1v) is 27.4. The summed E-state index contributed by atoms with van der Waals surface area (Å²) < 4.78 is 56.2. The maximum absolute atomic E-state index is 13.7. The number of hydrogen-bond donors (Lipinski definition) is 2. The van der Waals surface area contributed by atoms with E-state index in [4.69, 9.17) is 30.2 Å². The molecule has 8 heterocycles. The molecule has 0 fully saturated rings. The number of halogens is 2. The molecule has 0 amide bonds. The van der Waals surface area contributed by atoms with Crippen molar-refractivity contribution in [3.63, 3.8) is 0 Å². The summed E-state index contributed by atoms with van der Waals surface area (Å²) in [5.41, 5.74) is 13.0. The van der Waals surface area contributed by atoms with Gasteiger partial charge in [-0.3, -0.25) is 4.21 Å². The van der Waals surface area contributed by atoms with E-state index >= 15 is 0 Å². The molecule has 2 aliphatic heterocycles. The fraction of sp³-hybridized carbons (Fsp3) is 0.254. The van der Waals surface area contributed by atoms with Crippen LogP contribution in [0.15, 0.2) is 151 Å². The fourth-order valence-corrected chi connectivity index (χ4v) is 9.85. The summed E-state index contributed by atoms with van der Waals surface area (Å²) in [7, 11) is -1.34. The van der Waals surface area contributed by atoms with Gasteiger partial charge >= 0.3 is 0 Å². The number of para-hydroxylation sites is 2. The normalized spacial score (nSPS) is 14.7. The third kappa shape index (κ3) is 11.9. The minimum atomic E-state index is -1.34. The number of hydrogen-bond acceptors (Lipinski definition) is 13. The molecule has 0 radical (unpaired) electrons. The van der Waals surface area contributed by atoms with Crippen LogP contribution in [0.3, 0.4) is 0 Å². The number of anilines is 1. The molecule has 3 atom stereocenters. The average Bonchev–Trinajstić information content (AvgIpc) is 4.35. The molecule has 77 heavy (non-hydrogen) atoms. The van der Waals surface area contributed by atoms with Gasteiger partial charge in [0.05, 0.1) is 68.1 Å². The standard InChI is InChI=1S/C29H27FN6O.C27H22FN5O2S.C3H9N/c1-2-16-31-29-32-17-15-24(34-29)28-27(20-7-10-21(30)11-8-20)35-25-13-12-22(36(25)28)18-37-26-14-9-19-5-3-4-6-23(19)33-26;1-36(34)27-29-15-14-22(31-27)26-25(18-6-9-19(28)10-7-18)32-23-12-11-20(33(23)26)16-35-24-13-8-17-4-2-3-5-21(17)30-24;1-2-3-4/h3-11,14-15,17,22H,2,12-13,16,18H2,1H3,(H,31,32,34);2-10,13-15,20H,11-12,16H2,1H3;2-4H2,1H3/t22-;20-,36?;/m00./s1. The highest BCUT2D eigenvalue weighted by Gasteiger charge is 2.33. The summed E-state index contributed by atoms with van der Waals surface area (Å²) >= 11 is 0. The topological polar surface area (TPSA) is 187 Å². The van der Waals surface area contributed by atoms with Gasteiger partial charge in [0.1, 0.15) is 36.5 Å². The summed E-state index contributed by atoms with van der Waals surface area (Å²) in [5, 5.41) is 5.65. The molecular formula is C59H58F2N12O3S. The van der Waals surface area contributed by atoms with E-state index in [1.54, 1.807) is 49.0 Å². The maximum Gasteiger partial charge on any atom is 0.223 e. The second-order valence-corrected chi connectivity index (χ2v) is 19.8. The van der Waals surface area contributed by atoms with Gasteiger partial charge in [0.15, 0.2) is 0 Å². The molecule has 4 aromatic carbocycles. The number of nitrogens with two attached hydrogens (primary N) is 1. The number of imidazole rings is 2. The number of nitrogens with zero attached hydrogens (tertiary/aromatic N) is 10.